The van der Waals surface area contributed by atoms with E-state index in [4.69, 9.17) is 0 Å². The molecule has 142 valence electrons. The topological polar surface area (TPSA) is 0 Å². The third kappa shape index (κ3) is 3.58. The lowest BCUT2D eigenvalue weighted by Crippen LogP contribution is -2.45. The summed E-state index contributed by atoms with van der Waals surface area (Å²) < 4.78 is 2.50. The zero-order valence-electron chi connectivity index (χ0n) is 17.4. The van der Waals surface area contributed by atoms with E-state index >= 15 is 0 Å². The third-order valence-corrected chi connectivity index (χ3v) is 8.14. The average molecular weight is 347 g/mol. The molecular formula is C23H42N2+2. The quantitative estimate of drug-likeness (QED) is 0.520. The smallest absolute Gasteiger partial charge is 0.0839 e. The number of hydrogen-bond acceptors (Lipinski definition) is 0. The van der Waals surface area contributed by atoms with Gasteiger partial charge >= 0.3 is 0 Å². The van der Waals surface area contributed by atoms with E-state index in [-0.39, 0.29) is 0 Å². The van der Waals surface area contributed by atoms with Gasteiger partial charge in [-0.3, -0.25) is 0 Å². The van der Waals surface area contributed by atoms with Gasteiger partial charge in [-0.25, -0.2) is 0 Å². The Morgan fingerprint density at radius 3 is 1.84 bits per heavy atom. The van der Waals surface area contributed by atoms with Crippen LogP contribution in [0.4, 0.5) is 0 Å². The Hall–Kier alpha value is -0.340. The highest BCUT2D eigenvalue weighted by molar-refractivity contribution is 5.28. The molecule has 2 nitrogen and oxygen atoms in total. The molecule has 0 aromatic carbocycles. The van der Waals surface area contributed by atoms with E-state index in [1.54, 1.807) is 0 Å². The summed E-state index contributed by atoms with van der Waals surface area (Å²) in [6, 6.07) is 0. The minimum absolute atomic E-state index is 0.987. The van der Waals surface area contributed by atoms with Crippen LogP contribution in [0.2, 0.25) is 0 Å². The molecule has 2 heteroatoms. The van der Waals surface area contributed by atoms with E-state index in [0.29, 0.717) is 0 Å². The minimum atomic E-state index is 0.987. The molecule has 0 bridgehead atoms. The zero-order valence-corrected chi connectivity index (χ0v) is 17.4. The number of hydrogen-bond donors (Lipinski definition) is 0. The molecule has 1 heterocycles. The first-order chi connectivity index (χ1) is 11.9. The van der Waals surface area contributed by atoms with Gasteiger partial charge in [-0.1, -0.05) is 24.0 Å². The Balaban J connectivity index is 1.52. The Labute approximate surface area is 156 Å². The summed E-state index contributed by atoms with van der Waals surface area (Å²) in [4.78, 5) is 0. The molecule has 3 aliphatic carbocycles. The van der Waals surface area contributed by atoms with Crippen LogP contribution in [0.25, 0.3) is 0 Å². The van der Waals surface area contributed by atoms with E-state index in [2.05, 4.69) is 28.2 Å². The van der Waals surface area contributed by atoms with Crippen molar-refractivity contribution in [3.63, 3.8) is 0 Å². The molecule has 1 unspecified atom stereocenters. The van der Waals surface area contributed by atoms with Crippen LogP contribution < -0.4 is 0 Å². The van der Waals surface area contributed by atoms with Gasteiger partial charge in [0.2, 0.25) is 0 Å². The average Bonchev–Trinajstić information content (AvgIpc) is 2.92. The molecule has 4 aliphatic rings. The summed E-state index contributed by atoms with van der Waals surface area (Å²) in [5.41, 5.74) is 3.99. The van der Waals surface area contributed by atoms with E-state index in [9.17, 15) is 0 Å². The Morgan fingerprint density at radius 2 is 1.36 bits per heavy atom. The van der Waals surface area contributed by atoms with Crippen molar-refractivity contribution in [2.24, 2.45) is 23.7 Å². The number of fused-ring (bicyclic) bond motifs is 5. The highest BCUT2D eigenvalue weighted by Crippen LogP contribution is 2.55. The lowest BCUT2D eigenvalue weighted by molar-refractivity contribution is -0.910. The van der Waals surface area contributed by atoms with Gasteiger partial charge in [-0.15, -0.1) is 0 Å². The van der Waals surface area contributed by atoms with Gasteiger partial charge in [0.05, 0.1) is 54.4 Å². The van der Waals surface area contributed by atoms with Crippen LogP contribution in [-0.4, -0.2) is 63.3 Å². The van der Waals surface area contributed by atoms with E-state index in [0.717, 1.165) is 28.2 Å². The fourth-order valence-electron chi connectivity index (χ4n) is 7.14. The van der Waals surface area contributed by atoms with Crippen LogP contribution in [0.5, 0.6) is 0 Å². The number of quaternary nitrogens is 2. The molecule has 25 heavy (non-hydrogen) atoms. The molecule has 5 atom stereocenters. The summed E-state index contributed by atoms with van der Waals surface area (Å²) in [5, 5.41) is 0. The molecule has 0 amide bonds. The van der Waals surface area contributed by atoms with Gasteiger partial charge < -0.3 is 8.97 Å². The van der Waals surface area contributed by atoms with E-state index in [1.165, 1.54) is 88.4 Å². The maximum atomic E-state index is 2.60. The largest absolute Gasteiger partial charge is 0.331 e. The molecule has 1 saturated heterocycles. The van der Waals surface area contributed by atoms with Crippen molar-refractivity contribution in [1.29, 1.82) is 0 Å². The molecule has 3 fully saturated rings. The lowest BCUT2D eigenvalue weighted by Gasteiger charge is -2.45. The maximum absolute atomic E-state index is 2.60. The summed E-state index contributed by atoms with van der Waals surface area (Å²) in [6.07, 6.45) is 13.3. The van der Waals surface area contributed by atoms with Crippen LogP contribution >= 0.6 is 0 Å². The molecule has 0 aromatic rings. The molecule has 0 N–H and O–H groups in total. The third-order valence-electron chi connectivity index (χ3n) is 8.14. The highest BCUT2D eigenvalue weighted by Gasteiger charge is 2.53. The van der Waals surface area contributed by atoms with Gasteiger partial charge in [0.1, 0.15) is 0 Å². The van der Waals surface area contributed by atoms with Crippen molar-refractivity contribution in [2.75, 3.05) is 54.4 Å². The number of rotatable bonds is 4. The first-order valence-electron chi connectivity index (χ1n) is 11.2. The van der Waals surface area contributed by atoms with Gasteiger partial charge in [0, 0.05) is 18.3 Å². The van der Waals surface area contributed by atoms with Crippen molar-refractivity contribution in [3.05, 3.63) is 11.1 Å². The number of likely N-dealkylation sites (tertiary alicyclic amines) is 1. The second-order valence-corrected chi connectivity index (χ2v) is 11.2. The van der Waals surface area contributed by atoms with Crippen molar-refractivity contribution >= 4 is 0 Å². The van der Waals surface area contributed by atoms with Crippen molar-refractivity contribution in [1.82, 2.24) is 0 Å². The Kier molecular flexibility index (Phi) is 4.82. The predicted octanol–water partition coefficient (Wildman–Crippen LogP) is 4.47. The molecule has 1 aliphatic heterocycles. The number of nitrogens with zero attached hydrogens (tertiary/aromatic N) is 2. The first-order valence-corrected chi connectivity index (χ1v) is 11.2. The summed E-state index contributed by atoms with van der Waals surface area (Å²) in [6.45, 7) is 5.71. The molecular weight excluding hydrogens is 304 g/mol. The second kappa shape index (κ2) is 6.68. The van der Waals surface area contributed by atoms with Crippen molar-refractivity contribution in [2.45, 2.75) is 57.8 Å². The highest BCUT2D eigenvalue weighted by atomic mass is 15.4. The number of allylic oxidation sites excluding steroid dienone is 2. The van der Waals surface area contributed by atoms with Crippen LogP contribution in [0.3, 0.4) is 0 Å². The molecule has 0 spiro atoms. The lowest BCUT2D eigenvalue weighted by atomic mass is 9.58. The predicted molar refractivity (Wildman–Crippen MR) is 106 cm³/mol. The van der Waals surface area contributed by atoms with Crippen LogP contribution in [0.15, 0.2) is 11.1 Å². The summed E-state index contributed by atoms with van der Waals surface area (Å²) in [5.74, 6) is 4.02. The van der Waals surface area contributed by atoms with Crippen molar-refractivity contribution in [3.8, 4) is 0 Å². The van der Waals surface area contributed by atoms with Gasteiger partial charge in [0.25, 0.3) is 0 Å². The molecule has 0 radical (unpaired) electrons. The zero-order chi connectivity index (χ0) is 17.7. The van der Waals surface area contributed by atoms with Gasteiger partial charge in [-0.2, -0.15) is 0 Å². The van der Waals surface area contributed by atoms with Crippen LogP contribution in [-0.2, 0) is 0 Å². The van der Waals surface area contributed by atoms with Gasteiger partial charge in [-0.05, 0) is 50.4 Å². The standard InChI is InChI=1S/C23H42N2/c1-24(2,3)14-9-15-25(4)16-22-20-12-7-5-10-18(20)19-11-6-8-13-21(19)23(22)17-25/h20-23H,5-17H2,1-4H3/q+2/t20-,21-,22-,23+,25?/m0/s1. The van der Waals surface area contributed by atoms with Crippen LogP contribution in [0.1, 0.15) is 57.8 Å². The molecule has 2 saturated carbocycles. The maximum Gasteiger partial charge on any atom is 0.0839 e. The van der Waals surface area contributed by atoms with Crippen LogP contribution in [0, 0.1) is 23.7 Å². The van der Waals surface area contributed by atoms with E-state index < -0.39 is 0 Å². The fourth-order valence-corrected chi connectivity index (χ4v) is 7.14. The van der Waals surface area contributed by atoms with Gasteiger partial charge in [0.15, 0.2) is 0 Å². The van der Waals surface area contributed by atoms with Crippen molar-refractivity contribution < 1.29 is 8.97 Å². The summed E-state index contributed by atoms with van der Waals surface area (Å²) in [7, 11) is 9.63. The second-order valence-electron chi connectivity index (χ2n) is 11.2. The van der Waals surface area contributed by atoms with E-state index in [1.807, 2.05) is 11.1 Å². The fraction of sp³-hybridized carbons (Fsp3) is 0.913. The monoisotopic (exact) mass is 346 g/mol. The Morgan fingerprint density at radius 1 is 0.840 bits per heavy atom. The SMILES string of the molecule is C[N+](C)(C)CCC[N+]1(C)C[C@@H]2[C@H](C1)[C@H]1CCCCC1=C1CCCC[C@@H]12. The first kappa shape index (κ1) is 18.0. The minimum Gasteiger partial charge on any atom is -0.331 e. The normalized spacial score (nSPS) is 37.4. The Bertz CT molecular complexity index is 493. The molecule has 0 aromatic heterocycles. The summed E-state index contributed by atoms with van der Waals surface area (Å²) >= 11 is 0. The molecule has 4 rings (SSSR count).